The average molecular weight is 348 g/mol. The molecule has 4 N–H and O–H groups in total. The maximum Gasteiger partial charge on any atom is 0.165 e. The molecule has 0 radical (unpaired) electrons. The SMILES string of the molecule is CC[C@@H](N)CNc1nc(-c2cc(C)ccc2O)ncc1-c1ccccc1. The van der Waals surface area contributed by atoms with E-state index in [9.17, 15) is 5.11 Å². The molecule has 3 rings (SSSR count). The number of rotatable bonds is 6. The van der Waals surface area contributed by atoms with Crippen LogP contribution in [0.3, 0.4) is 0 Å². The van der Waals surface area contributed by atoms with Crippen LogP contribution in [0.25, 0.3) is 22.5 Å². The Morgan fingerprint density at radius 2 is 1.88 bits per heavy atom. The van der Waals surface area contributed by atoms with Crippen molar-refractivity contribution in [1.29, 1.82) is 0 Å². The number of phenolic OH excluding ortho intramolecular Hbond substituents is 1. The zero-order chi connectivity index (χ0) is 18.5. The summed E-state index contributed by atoms with van der Waals surface area (Å²) in [5.41, 5.74) is 9.65. The highest BCUT2D eigenvalue weighted by molar-refractivity contribution is 5.77. The monoisotopic (exact) mass is 348 g/mol. The van der Waals surface area contributed by atoms with Crippen LogP contribution in [0.1, 0.15) is 18.9 Å². The van der Waals surface area contributed by atoms with Gasteiger partial charge in [-0.3, -0.25) is 0 Å². The van der Waals surface area contributed by atoms with Crippen molar-refractivity contribution in [3.63, 3.8) is 0 Å². The van der Waals surface area contributed by atoms with Crippen molar-refractivity contribution >= 4 is 5.82 Å². The van der Waals surface area contributed by atoms with Crippen LogP contribution in [-0.4, -0.2) is 27.7 Å². The molecule has 26 heavy (non-hydrogen) atoms. The minimum Gasteiger partial charge on any atom is -0.507 e. The number of aryl methyl sites for hydroxylation is 1. The average Bonchev–Trinajstić information content (AvgIpc) is 2.68. The van der Waals surface area contributed by atoms with Gasteiger partial charge in [0.25, 0.3) is 0 Å². The van der Waals surface area contributed by atoms with Crippen LogP contribution in [-0.2, 0) is 0 Å². The Balaban J connectivity index is 2.05. The van der Waals surface area contributed by atoms with Gasteiger partial charge >= 0.3 is 0 Å². The molecule has 0 aliphatic rings. The Kier molecular flexibility index (Phi) is 5.49. The molecule has 1 atom stereocenters. The zero-order valence-corrected chi connectivity index (χ0v) is 15.1. The molecule has 1 aromatic heterocycles. The Labute approximate surface area is 153 Å². The number of aromatic nitrogens is 2. The lowest BCUT2D eigenvalue weighted by atomic mass is 10.1. The van der Waals surface area contributed by atoms with E-state index in [1.165, 1.54) is 0 Å². The molecule has 3 aromatic rings. The minimum absolute atomic E-state index is 0.0458. The van der Waals surface area contributed by atoms with Gasteiger partial charge in [-0.05, 0) is 31.0 Å². The van der Waals surface area contributed by atoms with E-state index in [0.29, 0.717) is 23.8 Å². The van der Waals surface area contributed by atoms with Gasteiger partial charge in [-0.25, -0.2) is 9.97 Å². The van der Waals surface area contributed by atoms with Crippen molar-refractivity contribution in [1.82, 2.24) is 9.97 Å². The second-order valence-electron chi connectivity index (χ2n) is 6.39. The Bertz CT molecular complexity index is 880. The van der Waals surface area contributed by atoms with Crippen molar-refractivity contribution in [3.8, 4) is 28.3 Å². The third-order valence-corrected chi connectivity index (χ3v) is 4.32. The van der Waals surface area contributed by atoms with E-state index in [1.807, 2.05) is 49.4 Å². The molecule has 0 saturated heterocycles. The van der Waals surface area contributed by atoms with Crippen LogP contribution in [0.4, 0.5) is 5.82 Å². The molecular formula is C21H24N4O. The third kappa shape index (κ3) is 4.00. The summed E-state index contributed by atoms with van der Waals surface area (Å²) in [5.74, 6) is 1.36. The summed E-state index contributed by atoms with van der Waals surface area (Å²) >= 11 is 0. The highest BCUT2D eigenvalue weighted by Gasteiger charge is 2.14. The molecule has 1 heterocycles. The fraction of sp³-hybridized carbons (Fsp3) is 0.238. The molecule has 5 nitrogen and oxygen atoms in total. The summed E-state index contributed by atoms with van der Waals surface area (Å²) in [5, 5.41) is 13.6. The Hall–Kier alpha value is -2.92. The first-order valence-electron chi connectivity index (χ1n) is 8.80. The van der Waals surface area contributed by atoms with Gasteiger partial charge in [0.2, 0.25) is 0 Å². The van der Waals surface area contributed by atoms with Gasteiger partial charge in [0.1, 0.15) is 11.6 Å². The quantitative estimate of drug-likeness (QED) is 0.628. The lowest BCUT2D eigenvalue weighted by molar-refractivity contribution is 0.476. The number of nitrogens with two attached hydrogens (primary N) is 1. The lowest BCUT2D eigenvalue weighted by Gasteiger charge is -2.15. The van der Waals surface area contributed by atoms with Crippen LogP contribution < -0.4 is 11.1 Å². The summed E-state index contributed by atoms with van der Waals surface area (Å²) in [4.78, 5) is 9.18. The van der Waals surface area contributed by atoms with Gasteiger partial charge in [-0.1, -0.05) is 48.9 Å². The third-order valence-electron chi connectivity index (χ3n) is 4.32. The van der Waals surface area contributed by atoms with Crippen molar-refractivity contribution in [2.75, 3.05) is 11.9 Å². The second-order valence-corrected chi connectivity index (χ2v) is 6.39. The van der Waals surface area contributed by atoms with Crippen LogP contribution in [0.2, 0.25) is 0 Å². The largest absolute Gasteiger partial charge is 0.507 e. The summed E-state index contributed by atoms with van der Waals surface area (Å²) in [6.07, 6.45) is 2.67. The molecule has 0 aliphatic carbocycles. The van der Waals surface area contributed by atoms with E-state index in [1.54, 1.807) is 12.3 Å². The predicted molar refractivity (Wildman–Crippen MR) is 106 cm³/mol. The van der Waals surface area contributed by atoms with Gasteiger partial charge < -0.3 is 16.2 Å². The standard InChI is InChI=1S/C21H24N4O/c1-3-16(22)12-23-21-18(15-7-5-4-6-8-15)13-24-20(25-21)17-11-14(2)9-10-19(17)26/h4-11,13,16,26H,3,12,22H2,1-2H3,(H,23,24,25)/t16-/m1/s1. The van der Waals surface area contributed by atoms with Crippen LogP contribution >= 0.6 is 0 Å². The van der Waals surface area contributed by atoms with Crippen LogP contribution in [0.5, 0.6) is 5.75 Å². The van der Waals surface area contributed by atoms with E-state index in [0.717, 1.165) is 23.1 Å². The molecule has 0 unspecified atom stereocenters. The fourth-order valence-corrected chi connectivity index (χ4v) is 2.68. The van der Waals surface area contributed by atoms with E-state index < -0.39 is 0 Å². The summed E-state index contributed by atoms with van der Waals surface area (Å²) in [7, 11) is 0. The van der Waals surface area contributed by atoms with Crippen molar-refractivity contribution in [2.24, 2.45) is 5.73 Å². The van der Waals surface area contributed by atoms with E-state index in [4.69, 9.17) is 5.73 Å². The summed E-state index contributed by atoms with van der Waals surface area (Å²) in [6.45, 7) is 4.65. The molecule has 0 amide bonds. The lowest BCUT2D eigenvalue weighted by Crippen LogP contribution is -2.28. The number of benzene rings is 2. The first-order chi connectivity index (χ1) is 12.6. The van der Waals surface area contributed by atoms with Gasteiger partial charge in [0.05, 0.1) is 5.56 Å². The van der Waals surface area contributed by atoms with Crippen molar-refractivity contribution < 1.29 is 5.11 Å². The van der Waals surface area contributed by atoms with Gasteiger partial charge in [-0.15, -0.1) is 0 Å². The number of nitrogens with zero attached hydrogens (tertiary/aromatic N) is 2. The number of anilines is 1. The normalized spacial score (nSPS) is 12.0. The number of aromatic hydroxyl groups is 1. The maximum absolute atomic E-state index is 10.2. The highest BCUT2D eigenvalue weighted by atomic mass is 16.3. The first kappa shape index (κ1) is 17.9. The topological polar surface area (TPSA) is 84.1 Å². The minimum atomic E-state index is 0.0458. The molecule has 0 aliphatic heterocycles. The summed E-state index contributed by atoms with van der Waals surface area (Å²) < 4.78 is 0. The van der Waals surface area contributed by atoms with E-state index in [-0.39, 0.29) is 11.8 Å². The molecule has 5 heteroatoms. The van der Waals surface area contributed by atoms with Crippen LogP contribution in [0.15, 0.2) is 54.7 Å². The molecule has 2 aromatic carbocycles. The van der Waals surface area contributed by atoms with Gasteiger partial charge in [0.15, 0.2) is 5.82 Å². The second kappa shape index (κ2) is 7.97. The molecular weight excluding hydrogens is 324 g/mol. The number of hydrogen-bond acceptors (Lipinski definition) is 5. The maximum atomic E-state index is 10.2. The number of phenols is 1. The predicted octanol–water partition coefficient (Wildman–Crippen LogP) is 3.97. The number of nitrogens with one attached hydrogen (secondary N) is 1. The van der Waals surface area contributed by atoms with E-state index >= 15 is 0 Å². The molecule has 0 saturated carbocycles. The fourth-order valence-electron chi connectivity index (χ4n) is 2.68. The van der Waals surface area contributed by atoms with Gasteiger partial charge in [-0.2, -0.15) is 0 Å². The first-order valence-corrected chi connectivity index (χ1v) is 8.80. The smallest absolute Gasteiger partial charge is 0.165 e. The Morgan fingerprint density at radius 3 is 2.62 bits per heavy atom. The molecule has 0 bridgehead atoms. The zero-order valence-electron chi connectivity index (χ0n) is 15.1. The number of hydrogen-bond donors (Lipinski definition) is 3. The van der Waals surface area contributed by atoms with Crippen molar-refractivity contribution in [3.05, 3.63) is 60.3 Å². The summed E-state index contributed by atoms with van der Waals surface area (Å²) in [6, 6.07) is 15.4. The highest BCUT2D eigenvalue weighted by Crippen LogP contribution is 2.31. The van der Waals surface area contributed by atoms with Crippen molar-refractivity contribution in [2.45, 2.75) is 26.3 Å². The van der Waals surface area contributed by atoms with E-state index in [2.05, 4.69) is 22.2 Å². The molecule has 134 valence electrons. The molecule has 0 spiro atoms. The van der Waals surface area contributed by atoms with Crippen LogP contribution in [0, 0.1) is 6.92 Å². The molecule has 0 fully saturated rings. The Morgan fingerprint density at radius 1 is 1.12 bits per heavy atom. The van der Waals surface area contributed by atoms with Gasteiger partial charge in [0, 0.05) is 24.3 Å².